The average Bonchev–Trinajstić information content (AvgIpc) is 2.44. The first-order chi connectivity index (χ1) is 9.13. The van der Waals surface area contributed by atoms with E-state index >= 15 is 0 Å². The van der Waals surface area contributed by atoms with Gasteiger partial charge in [0, 0.05) is 0 Å². The summed E-state index contributed by atoms with van der Waals surface area (Å²) in [7, 11) is -1.42. The average molecular weight is 286 g/mol. The first-order valence-electron chi connectivity index (χ1n) is 6.64. The Hall–Kier alpha value is -0.830. The van der Waals surface area contributed by atoms with Gasteiger partial charge < -0.3 is 13.8 Å². The van der Waals surface area contributed by atoms with Gasteiger partial charge >= 0.3 is 7.60 Å². The number of hydrogen-bond acceptors (Lipinski definition) is 4. The molecule has 108 valence electrons. The minimum atomic E-state index is -3.04. The Kier molecular flexibility index (Phi) is 7.14. The molecule has 0 atom stereocenters. The molecule has 0 aromatic heterocycles. The molecule has 1 aromatic carbocycles. The van der Waals surface area contributed by atoms with Gasteiger partial charge in [-0.3, -0.25) is 4.57 Å². The van der Waals surface area contributed by atoms with Crippen molar-refractivity contribution in [3.63, 3.8) is 0 Å². The molecule has 1 rings (SSSR count). The second-order valence-corrected chi connectivity index (χ2v) is 6.34. The highest BCUT2D eigenvalue weighted by atomic mass is 31.2. The lowest BCUT2D eigenvalue weighted by Gasteiger charge is -2.18. The van der Waals surface area contributed by atoms with Crippen molar-refractivity contribution >= 4 is 7.60 Å². The first kappa shape index (κ1) is 16.2. The monoisotopic (exact) mass is 286 g/mol. The van der Waals surface area contributed by atoms with Crippen molar-refractivity contribution in [3.05, 3.63) is 29.8 Å². The van der Waals surface area contributed by atoms with Crippen LogP contribution in [0.1, 0.15) is 32.3 Å². The molecule has 0 unspecified atom stereocenters. The summed E-state index contributed by atoms with van der Waals surface area (Å²) in [6, 6.07) is 7.46. The lowest BCUT2D eigenvalue weighted by atomic mass is 10.2. The van der Waals surface area contributed by atoms with Gasteiger partial charge in [0.15, 0.2) is 0 Å². The van der Waals surface area contributed by atoms with Gasteiger partial charge in [0.05, 0.1) is 26.5 Å². The Morgan fingerprint density at radius 1 is 1.00 bits per heavy atom. The SMILES string of the molecule is CCCOP(=O)(Cc1ccc(OC)cc1)OCCC. The first-order valence-corrected chi connectivity index (χ1v) is 8.37. The molecule has 0 bridgehead atoms. The maximum absolute atomic E-state index is 12.6. The maximum Gasteiger partial charge on any atom is 0.335 e. The van der Waals surface area contributed by atoms with Crippen molar-refractivity contribution in [1.29, 1.82) is 0 Å². The number of rotatable bonds is 9. The third-order valence-corrected chi connectivity index (χ3v) is 4.42. The molecule has 0 aliphatic heterocycles. The summed E-state index contributed by atoms with van der Waals surface area (Å²) in [5.41, 5.74) is 0.927. The van der Waals surface area contributed by atoms with Gasteiger partial charge in [0.2, 0.25) is 0 Å². The van der Waals surface area contributed by atoms with Crippen LogP contribution in [0, 0.1) is 0 Å². The summed E-state index contributed by atoms with van der Waals surface area (Å²) in [5, 5.41) is 0. The van der Waals surface area contributed by atoms with E-state index < -0.39 is 7.60 Å². The van der Waals surface area contributed by atoms with Gasteiger partial charge in [-0.15, -0.1) is 0 Å². The molecule has 19 heavy (non-hydrogen) atoms. The zero-order valence-electron chi connectivity index (χ0n) is 11.9. The van der Waals surface area contributed by atoms with Crippen LogP contribution < -0.4 is 4.74 Å². The minimum Gasteiger partial charge on any atom is -0.497 e. The maximum atomic E-state index is 12.6. The molecule has 4 nitrogen and oxygen atoms in total. The highest BCUT2D eigenvalue weighted by molar-refractivity contribution is 7.53. The highest BCUT2D eigenvalue weighted by Gasteiger charge is 2.24. The molecular formula is C14H23O4P. The van der Waals surface area contributed by atoms with Crippen molar-refractivity contribution < 1.29 is 18.3 Å². The molecule has 0 fully saturated rings. The van der Waals surface area contributed by atoms with E-state index in [2.05, 4.69) is 0 Å². The number of hydrogen-bond donors (Lipinski definition) is 0. The third kappa shape index (κ3) is 5.77. The van der Waals surface area contributed by atoms with Crippen LogP contribution in [0.25, 0.3) is 0 Å². The number of ether oxygens (including phenoxy) is 1. The lowest BCUT2D eigenvalue weighted by molar-refractivity contribution is 0.203. The van der Waals surface area contributed by atoms with E-state index in [0.717, 1.165) is 24.2 Å². The molecule has 1 aromatic rings. The molecule has 0 aliphatic rings. The Labute approximate surface area is 115 Å². The van der Waals surface area contributed by atoms with E-state index in [1.807, 2.05) is 38.1 Å². The van der Waals surface area contributed by atoms with E-state index in [1.165, 1.54) is 0 Å². The van der Waals surface area contributed by atoms with Crippen LogP contribution in [0.15, 0.2) is 24.3 Å². The Morgan fingerprint density at radius 2 is 1.53 bits per heavy atom. The van der Waals surface area contributed by atoms with Crippen LogP contribution >= 0.6 is 7.60 Å². The zero-order chi connectivity index (χ0) is 14.1. The summed E-state index contributed by atoms with van der Waals surface area (Å²) in [6.45, 7) is 4.88. The van der Waals surface area contributed by atoms with Crippen molar-refractivity contribution in [3.8, 4) is 5.75 Å². The molecule has 0 spiro atoms. The molecule has 0 amide bonds. The second kappa shape index (κ2) is 8.36. The summed E-state index contributed by atoms with van der Waals surface area (Å²) in [5.74, 6) is 0.780. The molecule has 5 heteroatoms. The van der Waals surface area contributed by atoms with E-state index in [-0.39, 0.29) is 0 Å². The molecule has 0 saturated heterocycles. The fraction of sp³-hybridized carbons (Fsp3) is 0.571. The van der Waals surface area contributed by atoms with E-state index in [0.29, 0.717) is 19.4 Å². The van der Waals surface area contributed by atoms with Crippen LogP contribution in [-0.2, 0) is 19.8 Å². The smallest absolute Gasteiger partial charge is 0.335 e. The second-order valence-electron chi connectivity index (χ2n) is 4.28. The molecular weight excluding hydrogens is 263 g/mol. The molecule has 0 aliphatic carbocycles. The predicted octanol–water partition coefficient (Wildman–Crippen LogP) is 4.24. The Morgan fingerprint density at radius 3 is 1.95 bits per heavy atom. The summed E-state index contributed by atoms with van der Waals surface area (Å²) < 4.78 is 28.6. The van der Waals surface area contributed by atoms with E-state index in [1.54, 1.807) is 7.11 Å². The van der Waals surface area contributed by atoms with Crippen molar-refractivity contribution in [1.82, 2.24) is 0 Å². The fourth-order valence-corrected chi connectivity index (χ4v) is 3.38. The van der Waals surface area contributed by atoms with Crippen LogP contribution in [0.2, 0.25) is 0 Å². The lowest BCUT2D eigenvalue weighted by Crippen LogP contribution is -2.01. The summed E-state index contributed by atoms with van der Waals surface area (Å²) in [4.78, 5) is 0. The van der Waals surface area contributed by atoms with Crippen molar-refractivity contribution in [2.45, 2.75) is 32.9 Å². The molecule has 0 radical (unpaired) electrons. The number of benzene rings is 1. The van der Waals surface area contributed by atoms with Crippen LogP contribution in [0.4, 0.5) is 0 Å². The van der Waals surface area contributed by atoms with E-state index in [9.17, 15) is 4.57 Å². The van der Waals surface area contributed by atoms with Crippen LogP contribution in [0.5, 0.6) is 5.75 Å². The molecule has 0 heterocycles. The van der Waals surface area contributed by atoms with Gasteiger partial charge in [-0.25, -0.2) is 0 Å². The number of methoxy groups -OCH3 is 1. The molecule has 0 saturated carbocycles. The van der Waals surface area contributed by atoms with Crippen molar-refractivity contribution in [2.75, 3.05) is 20.3 Å². The predicted molar refractivity (Wildman–Crippen MR) is 76.8 cm³/mol. The zero-order valence-corrected chi connectivity index (χ0v) is 12.8. The molecule has 0 N–H and O–H groups in total. The normalized spacial score (nSPS) is 11.5. The van der Waals surface area contributed by atoms with Gasteiger partial charge in [-0.2, -0.15) is 0 Å². The van der Waals surface area contributed by atoms with Crippen LogP contribution in [0.3, 0.4) is 0 Å². The minimum absolute atomic E-state index is 0.303. The van der Waals surface area contributed by atoms with Gasteiger partial charge in [-0.1, -0.05) is 26.0 Å². The Bertz CT molecular complexity index is 390. The van der Waals surface area contributed by atoms with Gasteiger partial charge in [-0.05, 0) is 30.5 Å². The van der Waals surface area contributed by atoms with Crippen LogP contribution in [-0.4, -0.2) is 20.3 Å². The quantitative estimate of drug-likeness (QED) is 0.637. The third-order valence-electron chi connectivity index (χ3n) is 2.52. The fourth-order valence-electron chi connectivity index (χ4n) is 1.54. The van der Waals surface area contributed by atoms with Gasteiger partial charge in [0.25, 0.3) is 0 Å². The topological polar surface area (TPSA) is 44.8 Å². The highest BCUT2D eigenvalue weighted by Crippen LogP contribution is 2.51. The van der Waals surface area contributed by atoms with Gasteiger partial charge in [0.1, 0.15) is 5.75 Å². The summed E-state index contributed by atoms with van der Waals surface area (Å²) in [6.07, 6.45) is 1.95. The largest absolute Gasteiger partial charge is 0.497 e. The van der Waals surface area contributed by atoms with E-state index in [4.69, 9.17) is 13.8 Å². The van der Waals surface area contributed by atoms with Crippen molar-refractivity contribution in [2.24, 2.45) is 0 Å². The summed E-state index contributed by atoms with van der Waals surface area (Å²) >= 11 is 0. The standard InChI is InChI=1S/C14H23O4P/c1-4-10-17-19(15,18-11-5-2)12-13-6-8-14(16-3)9-7-13/h6-9H,4-5,10-12H2,1-3H3. The Balaban J connectivity index is 2.71.